The molecule has 0 saturated carbocycles. The average molecular weight is 222 g/mol. The van der Waals surface area contributed by atoms with Crippen molar-refractivity contribution in [3.63, 3.8) is 0 Å². The fourth-order valence-corrected chi connectivity index (χ4v) is 1.69. The van der Waals surface area contributed by atoms with Gasteiger partial charge in [0, 0.05) is 19.3 Å². The Morgan fingerprint density at radius 3 is 2.50 bits per heavy atom. The molecule has 0 radical (unpaired) electrons. The van der Waals surface area contributed by atoms with Crippen LogP contribution in [0.15, 0.2) is 18.3 Å². The molecular weight excluding hydrogens is 208 g/mol. The van der Waals surface area contributed by atoms with Crippen LogP contribution >= 0.6 is 0 Å². The maximum absolute atomic E-state index is 11.9. The first kappa shape index (κ1) is 11.0. The summed E-state index contributed by atoms with van der Waals surface area (Å²) < 4.78 is 0. The van der Waals surface area contributed by atoms with Crippen molar-refractivity contribution < 1.29 is 15.0 Å². The molecule has 2 rings (SSSR count). The summed E-state index contributed by atoms with van der Waals surface area (Å²) in [5.41, 5.74) is 1.32. The molecular formula is C11H14N2O3. The van der Waals surface area contributed by atoms with E-state index in [0.29, 0.717) is 5.69 Å². The minimum Gasteiger partial charge on any atom is -0.388 e. The van der Waals surface area contributed by atoms with Crippen molar-refractivity contribution in [3.05, 3.63) is 29.6 Å². The molecule has 2 heterocycles. The molecule has 0 spiro atoms. The monoisotopic (exact) mass is 222 g/mol. The molecule has 2 N–H and O–H groups in total. The number of β-amino-alcohol motifs (C(OH)–C–C–N with tert-alkyl or cyclic N) is 2. The zero-order valence-electron chi connectivity index (χ0n) is 9.00. The number of aliphatic hydroxyl groups excluding tert-OH is 2. The van der Waals surface area contributed by atoms with Crippen LogP contribution in [-0.4, -0.2) is 51.3 Å². The second kappa shape index (κ2) is 4.19. The number of aromatic nitrogens is 1. The number of hydrogen-bond acceptors (Lipinski definition) is 4. The van der Waals surface area contributed by atoms with Crippen molar-refractivity contribution >= 4 is 5.91 Å². The van der Waals surface area contributed by atoms with Crippen LogP contribution < -0.4 is 0 Å². The van der Waals surface area contributed by atoms with Crippen molar-refractivity contribution in [2.24, 2.45) is 0 Å². The molecule has 1 aliphatic rings. The molecule has 1 amide bonds. The van der Waals surface area contributed by atoms with E-state index >= 15 is 0 Å². The van der Waals surface area contributed by atoms with Gasteiger partial charge in [-0.1, -0.05) is 6.07 Å². The second-order valence-electron chi connectivity index (χ2n) is 4.07. The van der Waals surface area contributed by atoms with Crippen LogP contribution in [0, 0.1) is 6.92 Å². The maximum Gasteiger partial charge on any atom is 0.272 e. The number of carbonyl (C=O) groups excluding carboxylic acids is 1. The van der Waals surface area contributed by atoms with E-state index in [2.05, 4.69) is 4.98 Å². The lowest BCUT2D eigenvalue weighted by Crippen LogP contribution is -2.30. The fraction of sp³-hybridized carbons (Fsp3) is 0.455. The molecule has 2 atom stereocenters. The van der Waals surface area contributed by atoms with Crippen LogP contribution in [0.2, 0.25) is 0 Å². The van der Waals surface area contributed by atoms with E-state index in [1.807, 2.05) is 13.0 Å². The molecule has 1 aromatic rings. The third kappa shape index (κ3) is 2.05. The predicted molar refractivity (Wildman–Crippen MR) is 56.9 cm³/mol. The molecule has 5 heteroatoms. The third-order valence-electron chi connectivity index (χ3n) is 2.68. The van der Waals surface area contributed by atoms with Gasteiger partial charge < -0.3 is 15.1 Å². The summed E-state index contributed by atoms with van der Waals surface area (Å²) in [5.74, 6) is -0.254. The maximum atomic E-state index is 11.9. The van der Waals surface area contributed by atoms with Gasteiger partial charge >= 0.3 is 0 Å². The second-order valence-corrected chi connectivity index (χ2v) is 4.07. The Morgan fingerprint density at radius 1 is 1.38 bits per heavy atom. The Balaban J connectivity index is 2.11. The third-order valence-corrected chi connectivity index (χ3v) is 2.68. The molecule has 1 fully saturated rings. The van der Waals surface area contributed by atoms with Crippen molar-refractivity contribution in [2.75, 3.05) is 13.1 Å². The van der Waals surface area contributed by atoms with Crippen molar-refractivity contribution in [1.29, 1.82) is 0 Å². The molecule has 86 valence electrons. The fourth-order valence-electron chi connectivity index (χ4n) is 1.69. The first-order valence-corrected chi connectivity index (χ1v) is 5.16. The number of aliphatic hydroxyl groups is 2. The Bertz CT molecular complexity index is 381. The Kier molecular flexibility index (Phi) is 2.89. The highest BCUT2D eigenvalue weighted by atomic mass is 16.3. The Labute approximate surface area is 93.3 Å². The molecule has 0 aliphatic carbocycles. The predicted octanol–water partition coefficient (Wildman–Crippen LogP) is -0.432. The zero-order valence-corrected chi connectivity index (χ0v) is 9.00. The highest BCUT2D eigenvalue weighted by Gasteiger charge is 2.33. The number of nitrogens with zero attached hydrogens (tertiary/aromatic N) is 2. The van der Waals surface area contributed by atoms with E-state index in [9.17, 15) is 15.0 Å². The normalized spacial score (nSPS) is 24.8. The van der Waals surface area contributed by atoms with E-state index in [4.69, 9.17) is 0 Å². The highest BCUT2D eigenvalue weighted by Crippen LogP contribution is 2.13. The topological polar surface area (TPSA) is 73.7 Å². The van der Waals surface area contributed by atoms with Crippen LogP contribution in [0.3, 0.4) is 0 Å². The van der Waals surface area contributed by atoms with Gasteiger partial charge in [0.1, 0.15) is 5.69 Å². The first-order chi connectivity index (χ1) is 7.58. The van der Waals surface area contributed by atoms with E-state index in [0.717, 1.165) is 5.56 Å². The van der Waals surface area contributed by atoms with Gasteiger partial charge in [-0.2, -0.15) is 0 Å². The number of hydrogen-bond donors (Lipinski definition) is 2. The van der Waals surface area contributed by atoms with Crippen molar-refractivity contribution in [3.8, 4) is 0 Å². The molecule has 1 aromatic heterocycles. The van der Waals surface area contributed by atoms with E-state index in [1.165, 1.54) is 4.90 Å². The number of aryl methyl sites for hydroxylation is 1. The summed E-state index contributed by atoms with van der Waals surface area (Å²) in [4.78, 5) is 17.3. The van der Waals surface area contributed by atoms with Crippen LogP contribution in [0.25, 0.3) is 0 Å². The van der Waals surface area contributed by atoms with E-state index < -0.39 is 12.2 Å². The summed E-state index contributed by atoms with van der Waals surface area (Å²) in [6.45, 7) is 2.22. The van der Waals surface area contributed by atoms with Crippen molar-refractivity contribution in [2.45, 2.75) is 19.1 Å². The summed E-state index contributed by atoms with van der Waals surface area (Å²) in [6, 6.07) is 3.46. The summed E-state index contributed by atoms with van der Waals surface area (Å²) in [6.07, 6.45) is -0.0836. The number of pyridine rings is 1. The first-order valence-electron chi connectivity index (χ1n) is 5.16. The van der Waals surface area contributed by atoms with Gasteiger partial charge in [-0.25, -0.2) is 0 Å². The highest BCUT2D eigenvalue weighted by molar-refractivity contribution is 5.92. The van der Waals surface area contributed by atoms with E-state index in [1.54, 1.807) is 12.3 Å². The molecule has 2 unspecified atom stereocenters. The van der Waals surface area contributed by atoms with Gasteiger partial charge in [-0.15, -0.1) is 0 Å². The van der Waals surface area contributed by atoms with Crippen LogP contribution in [-0.2, 0) is 0 Å². The summed E-state index contributed by atoms with van der Waals surface area (Å²) >= 11 is 0. The molecule has 0 bridgehead atoms. The van der Waals surface area contributed by atoms with Crippen molar-refractivity contribution in [1.82, 2.24) is 9.88 Å². The smallest absolute Gasteiger partial charge is 0.272 e. The van der Waals surface area contributed by atoms with Gasteiger partial charge in [-0.3, -0.25) is 9.78 Å². The van der Waals surface area contributed by atoms with Gasteiger partial charge in [0.25, 0.3) is 5.91 Å². The largest absolute Gasteiger partial charge is 0.388 e. The minimum absolute atomic E-state index is 0.162. The number of amides is 1. The van der Waals surface area contributed by atoms with Gasteiger partial charge in [0.15, 0.2) is 0 Å². The summed E-state index contributed by atoms with van der Waals surface area (Å²) in [7, 11) is 0. The molecule has 1 saturated heterocycles. The number of likely N-dealkylation sites (tertiary alicyclic amines) is 1. The molecule has 5 nitrogen and oxygen atoms in total. The lowest BCUT2D eigenvalue weighted by Gasteiger charge is -2.14. The number of rotatable bonds is 1. The molecule has 0 aromatic carbocycles. The van der Waals surface area contributed by atoms with Gasteiger partial charge in [0.2, 0.25) is 0 Å². The average Bonchev–Trinajstić information content (AvgIpc) is 2.59. The lowest BCUT2D eigenvalue weighted by atomic mass is 10.2. The van der Waals surface area contributed by atoms with Gasteiger partial charge in [-0.05, 0) is 18.6 Å². The van der Waals surface area contributed by atoms with Crippen LogP contribution in [0.5, 0.6) is 0 Å². The van der Waals surface area contributed by atoms with Crippen LogP contribution in [0.4, 0.5) is 0 Å². The van der Waals surface area contributed by atoms with Gasteiger partial charge in [0.05, 0.1) is 12.2 Å². The van der Waals surface area contributed by atoms with E-state index in [-0.39, 0.29) is 19.0 Å². The lowest BCUT2D eigenvalue weighted by molar-refractivity contribution is 0.0572. The molecule has 16 heavy (non-hydrogen) atoms. The minimum atomic E-state index is -0.852. The number of carbonyl (C=O) groups is 1. The Morgan fingerprint density at radius 2 is 2.00 bits per heavy atom. The van der Waals surface area contributed by atoms with Crippen LogP contribution in [0.1, 0.15) is 16.1 Å². The quantitative estimate of drug-likeness (QED) is 0.676. The Hall–Kier alpha value is -1.46. The summed E-state index contributed by atoms with van der Waals surface area (Å²) in [5, 5.41) is 18.7. The SMILES string of the molecule is Cc1ccc(C(=O)N2CC(O)C(O)C2)nc1. The molecule has 1 aliphatic heterocycles. The zero-order chi connectivity index (χ0) is 11.7. The standard InChI is InChI=1S/C11H14N2O3/c1-7-2-3-8(12-4-7)11(16)13-5-9(14)10(15)6-13/h2-4,9-10,14-15H,5-6H2,1H3.